The summed E-state index contributed by atoms with van der Waals surface area (Å²) in [6.45, 7) is 9.45. The van der Waals surface area contributed by atoms with Crippen LogP contribution >= 0.6 is 0 Å². The van der Waals surface area contributed by atoms with E-state index in [1.807, 2.05) is 0 Å². The van der Waals surface area contributed by atoms with E-state index in [9.17, 15) is 0 Å². The lowest BCUT2D eigenvalue weighted by Gasteiger charge is -2.32. The fraction of sp³-hybridized carbons (Fsp3) is 0.148. The second-order valence-electron chi connectivity index (χ2n) is 16.5. The van der Waals surface area contributed by atoms with Crippen molar-refractivity contribution < 1.29 is 0 Å². The van der Waals surface area contributed by atoms with Crippen molar-refractivity contribution in [2.45, 2.75) is 51.4 Å². The first-order valence-electron chi connectivity index (χ1n) is 19.7. The molecule has 10 rings (SSSR count). The zero-order chi connectivity index (χ0) is 37.3. The number of rotatable bonds is 6. The molecule has 0 saturated carbocycles. The van der Waals surface area contributed by atoms with Gasteiger partial charge in [-0.3, -0.25) is 0 Å². The van der Waals surface area contributed by atoms with Gasteiger partial charge in [-0.2, -0.15) is 0 Å². The summed E-state index contributed by atoms with van der Waals surface area (Å²) in [5.74, 6) is 0. The van der Waals surface area contributed by atoms with Gasteiger partial charge in [0.2, 0.25) is 0 Å². The maximum Gasteiger partial charge on any atom is 0.0536 e. The van der Waals surface area contributed by atoms with Gasteiger partial charge in [-0.15, -0.1) is 0 Å². The summed E-state index contributed by atoms with van der Waals surface area (Å²) >= 11 is 0. The Hall–Kier alpha value is -6.18. The summed E-state index contributed by atoms with van der Waals surface area (Å²) in [6, 6.07) is 60.8. The molecule has 0 fully saturated rings. The van der Waals surface area contributed by atoms with Crippen LogP contribution in [0.1, 0.15) is 68.4 Å². The molecule has 0 aromatic heterocycles. The molecule has 3 aliphatic carbocycles. The van der Waals surface area contributed by atoms with Crippen LogP contribution in [-0.2, 0) is 10.8 Å². The van der Waals surface area contributed by atoms with Crippen molar-refractivity contribution in [1.82, 2.24) is 0 Å². The molecule has 0 radical (unpaired) electrons. The lowest BCUT2D eigenvalue weighted by atomic mass is 9.81. The molecule has 3 aliphatic rings. The zero-order valence-corrected chi connectivity index (χ0v) is 32.1. The van der Waals surface area contributed by atoms with E-state index in [1.165, 1.54) is 95.0 Å². The SMILES string of the molecule is CC1(C)c2ccccc2-c2ccc(C3=CC=C(N(c4ccc(-c5ccc6c(c5)C(C)(C)c5ccccc5-6)cc4)c4ccccc4-c4ccccc4)CC3)cc21. The third-order valence-electron chi connectivity index (χ3n) is 12.6. The van der Waals surface area contributed by atoms with E-state index >= 15 is 0 Å². The van der Waals surface area contributed by atoms with Gasteiger partial charge in [0, 0.05) is 27.8 Å². The molecule has 7 aromatic carbocycles. The fourth-order valence-electron chi connectivity index (χ4n) is 9.63. The van der Waals surface area contributed by atoms with Crippen molar-refractivity contribution in [1.29, 1.82) is 0 Å². The van der Waals surface area contributed by atoms with Crippen LogP contribution in [0.25, 0.3) is 50.1 Å². The van der Waals surface area contributed by atoms with Gasteiger partial charge in [-0.05, 0) is 122 Å². The highest BCUT2D eigenvalue weighted by Gasteiger charge is 2.36. The largest absolute Gasteiger partial charge is 0.314 e. The van der Waals surface area contributed by atoms with Crippen LogP contribution in [0, 0.1) is 0 Å². The van der Waals surface area contributed by atoms with Gasteiger partial charge in [-0.25, -0.2) is 0 Å². The minimum atomic E-state index is -0.0271. The minimum absolute atomic E-state index is 0.0106. The van der Waals surface area contributed by atoms with Crippen molar-refractivity contribution in [3.05, 3.63) is 209 Å². The van der Waals surface area contributed by atoms with E-state index < -0.39 is 0 Å². The highest BCUT2D eigenvalue weighted by Crippen LogP contribution is 2.51. The minimum Gasteiger partial charge on any atom is -0.314 e. The molecule has 0 spiro atoms. The maximum atomic E-state index is 2.49. The van der Waals surface area contributed by atoms with E-state index in [2.05, 4.69) is 209 Å². The molecule has 0 heterocycles. The molecule has 1 nitrogen and oxygen atoms in total. The van der Waals surface area contributed by atoms with Crippen molar-refractivity contribution in [3.63, 3.8) is 0 Å². The van der Waals surface area contributed by atoms with Gasteiger partial charge in [0.15, 0.2) is 0 Å². The number of hydrogen-bond donors (Lipinski definition) is 0. The van der Waals surface area contributed by atoms with Gasteiger partial charge >= 0.3 is 0 Å². The van der Waals surface area contributed by atoms with Crippen LogP contribution in [-0.4, -0.2) is 0 Å². The first-order valence-corrected chi connectivity index (χ1v) is 19.7. The quantitative estimate of drug-likeness (QED) is 0.166. The summed E-state index contributed by atoms with van der Waals surface area (Å²) in [5.41, 5.74) is 22.4. The first-order chi connectivity index (χ1) is 26.8. The van der Waals surface area contributed by atoms with Crippen LogP contribution in [0.4, 0.5) is 11.4 Å². The number of fused-ring (bicyclic) bond motifs is 6. The lowest BCUT2D eigenvalue weighted by Crippen LogP contribution is -2.19. The number of nitrogens with zero attached hydrogens (tertiary/aromatic N) is 1. The van der Waals surface area contributed by atoms with Crippen LogP contribution < -0.4 is 4.90 Å². The number of allylic oxidation sites excluding steroid dienone is 4. The maximum absolute atomic E-state index is 2.49. The van der Waals surface area contributed by atoms with Crippen molar-refractivity contribution in [2.75, 3.05) is 4.90 Å². The highest BCUT2D eigenvalue weighted by molar-refractivity contribution is 5.88. The van der Waals surface area contributed by atoms with E-state index in [-0.39, 0.29) is 10.8 Å². The second-order valence-corrected chi connectivity index (χ2v) is 16.5. The van der Waals surface area contributed by atoms with Gasteiger partial charge in [0.1, 0.15) is 0 Å². The van der Waals surface area contributed by atoms with Gasteiger partial charge in [0.05, 0.1) is 5.69 Å². The number of hydrogen-bond acceptors (Lipinski definition) is 1. The molecule has 55 heavy (non-hydrogen) atoms. The molecule has 0 saturated heterocycles. The first kappa shape index (κ1) is 33.4. The molecule has 0 N–H and O–H groups in total. The molecular formula is C54H45N. The summed E-state index contributed by atoms with van der Waals surface area (Å²) in [7, 11) is 0. The standard InChI is InChI=1S/C54H45N/c1-53(2)48-19-11-8-17-44(48)46-32-26-39(34-50(46)53)36-22-28-41(29-23-36)55(52-21-13-10-16-43(52)38-14-6-5-7-15-38)42-30-24-37(25-31-42)40-27-33-47-45-18-9-12-20-49(45)54(3,4)51(47)35-40/h5-24,26-30,32-35H,25,31H2,1-4H3. The Morgan fingerprint density at radius 2 is 0.891 bits per heavy atom. The third-order valence-corrected chi connectivity index (χ3v) is 12.6. The molecule has 266 valence electrons. The normalized spacial score (nSPS) is 15.6. The van der Waals surface area contributed by atoms with Crippen molar-refractivity contribution in [3.8, 4) is 44.5 Å². The number of para-hydroxylation sites is 1. The Bertz CT molecular complexity index is 2690. The Morgan fingerprint density at radius 1 is 0.382 bits per heavy atom. The predicted octanol–water partition coefficient (Wildman–Crippen LogP) is 14.5. The second kappa shape index (κ2) is 12.7. The highest BCUT2D eigenvalue weighted by atomic mass is 15.2. The fourth-order valence-corrected chi connectivity index (χ4v) is 9.63. The van der Waals surface area contributed by atoms with Crippen LogP contribution in [0.15, 0.2) is 182 Å². The average molecular weight is 708 g/mol. The predicted molar refractivity (Wildman–Crippen MR) is 233 cm³/mol. The Morgan fingerprint density at radius 3 is 1.51 bits per heavy atom. The van der Waals surface area contributed by atoms with Crippen molar-refractivity contribution in [2.24, 2.45) is 0 Å². The van der Waals surface area contributed by atoms with E-state index in [0.29, 0.717) is 0 Å². The smallest absolute Gasteiger partial charge is 0.0536 e. The molecular weight excluding hydrogens is 663 g/mol. The Balaban J connectivity index is 1.03. The monoisotopic (exact) mass is 707 g/mol. The molecule has 7 aromatic rings. The summed E-state index contributed by atoms with van der Waals surface area (Å²) < 4.78 is 0. The summed E-state index contributed by atoms with van der Waals surface area (Å²) in [6.07, 6.45) is 6.65. The average Bonchev–Trinajstić information content (AvgIpc) is 3.61. The van der Waals surface area contributed by atoms with Crippen LogP contribution in [0.2, 0.25) is 0 Å². The van der Waals surface area contributed by atoms with E-state index in [4.69, 9.17) is 0 Å². The van der Waals surface area contributed by atoms with Crippen molar-refractivity contribution >= 4 is 16.9 Å². The number of anilines is 2. The summed E-state index contributed by atoms with van der Waals surface area (Å²) in [4.78, 5) is 2.49. The zero-order valence-electron chi connectivity index (χ0n) is 32.1. The Kier molecular flexibility index (Phi) is 7.72. The number of benzene rings is 7. The molecule has 0 unspecified atom stereocenters. The molecule has 0 atom stereocenters. The van der Waals surface area contributed by atoms with Gasteiger partial charge < -0.3 is 4.90 Å². The van der Waals surface area contributed by atoms with E-state index in [1.54, 1.807) is 0 Å². The van der Waals surface area contributed by atoms with Crippen LogP contribution in [0.5, 0.6) is 0 Å². The molecule has 0 bridgehead atoms. The molecule has 1 heteroatoms. The van der Waals surface area contributed by atoms with Crippen LogP contribution in [0.3, 0.4) is 0 Å². The topological polar surface area (TPSA) is 3.24 Å². The van der Waals surface area contributed by atoms with E-state index in [0.717, 1.165) is 12.8 Å². The molecule has 0 amide bonds. The van der Waals surface area contributed by atoms with Gasteiger partial charge in [-0.1, -0.05) is 167 Å². The lowest BCUT2D eigenvalue weighted by molar-refractivity contribution is 0.660. The third kappa shape index (κ3) is 5.36. The molecule has 0 aliphatic heterocycles. The summed E-state index contributed by atoms with van der Waals surface area (Å²) in [5, 5.41) is 0. The Labute approximate surface area is 326 Å². The van der Waals surface area contributed by atoms with Gasteiger partial charge in [0.25, 0.3) is 0 Å².